The van der Waals surface area contributed by atoms with Crippen LogP contribution in [0, 0.1) is 5.82 Å². The van der Waals surface area contributed by atoms with E-state index in [1.54, 1.807) is 25.3 Å². The first-order valence-corrected chi connectivity index (χ1v) is 13.4. The highest BCUT2D eigenvalue weighted by molar-refractivity contribution is 6.30. The van der Waals surface area contributed by atoms with Crippen LogP contribution in [0.1, 0.15) is 30.0 Å². The van der Waals surface area contributed by atoms with Crippen molar-refractivity contribution < 1.29 is 18.7 Å². The fourth-order valence-corrected chi connectivity index (χ4v) is 5.08. The standard InChI is InChI=1S/C30H35ClFN3O3/c1-3-38-29-16-21(11-12-28(29)37-2)18-34-25-17-27(35(20-25)19-22-7-6-9-24(31)15-22)30(36)33-14-13-23-8-4-5-10-26(23)32/h4-12,15-16,25,27,34H,3,13-14,17-20H2,1-2H3,(H,33,36)/t25-,27-/m0/s1. The van der Waals surface area contributed by atoms with E-state index in [0.29, 0.717) is 62.0 Å². The van der Waals surface area contributed by atoms with E-state index < -0.39 is 0 Å². The largest absolute Gasteiger partial charge is 0.493 e. The molecule has 0 radical (unpaired) electrons. The predicted molar refractivity (Wildman–Crippen MR) is 148 cm³/mol. The van der Waals surface area contributed by atoms with Crippen molar-refractivity contribution in [2.45, 2.75) is 44.9 Å². The second-order valence-corrected chi connectivity index (χ2v) is 9.88. The number of methoxy groups -OCH3 is 1. The van der Waals surface area contributed by atoms with Crippen LogP contribution in [0.2, 0.25) is 5.02 Å². The molecule has 2 N–H and O–H groups in total. The van der Waals surface area contributed by atoms with Crippen LogP contribution in [0.4, 0.5) is 4.39 Å². The third-order valence-electron chi connectivity index (χ3n) is 6.75. The molecule has 3 aromatic carbocycles. The number of rotatable bonds is 12. The zero-order chi connectivity index (χ0) is 26.9. The molecule has 1 aliphatic rings. The summed E-state index contributed by atoms with van der Waals surface area (Å²) in [7, 11) is 1.63. The molecule has 0 bridgehead atoms. The van der Waals surface area contributed by atoms with Crippen LogP contribution in [0.15, 0.2) is 66.7 Å². The SMILES string of the molecule is CCOc1cc(CN[C@H]2C[C@@H](C(=O)NCCc3ccccc3F)N(Cc3cccc(Cl)c3)C2)ccc1OC. The minimum Gasteiger partial charge on any atom is -0.493 e. The van der Waals surface area contributed by atoms with Crippen LogP contribution in [0.3, 0.4) is 0 Å². The molecule has 2 atom stereocenters. The quantitative estimate of drug-likeness (QED) is 0.340. The van der Waals surface area contributed by atoms with Gasteiger partial charge in [0.15, 0.2) is 11.5 Å². The first-order chi connectivity index (χ1) is 18.5. The number of nitrogens with one attached hydrogen (secondary N) is 2. The molecular weight excluding hydrogens is 505 g/mol. The summed E-state index contributed by atoms with van der Waals surface area (Å²) in [6.07, 6.45) is 1.11. The Morgan fingerprint density at radius 2 is 1.92 bits per heavy atom. The molecule has 3 aromatic rings. The molecule has 0 aromatic heterocycles. The molecule has 0 unspecified atom stereocenters. The normalized spacial score (nSPS) is 17.4. The molecule has 0 spiro atoms. The Morgan fingerprint density at radius 1 is 1.08 bits per heavy atom. The molecule has 0 saturated carbocycles. The summed E-state index contributed by atoms with van der Waals surface area (Å²) in [4.78, 5) is 15.4. The zero-order valence-corrected chi connectivity index (χ0v) is 22.6. The summed E-state index contributed by atoms with van der Waals surface area (Å²) in [5, 5.41) is 7.31. The average Bonchev–Trinajstić information content (AvgIpc) is 3.31. The number of likely N-dealkylation sites (tertiary alicyclic amines) is 1. The lowest BCUT2D eigenvalue weighted by Gasteiger charge is -2.23. The topological polar surface area (TPSA) is 62.8 Å². The van der Waals surface area contributed by atoms with E-state index in [1.807, 2.05) is 49.4 Å². The first-order valence-electron chi connectivity index (χ1n) is 13.0. The fourth-order valence-electron chi connectivity index (χ4n) is 4.87. The number of nitrogens with zero attached hydrogens (tertiary/aromatic N) is 1. The van der Waals surface area contributed by atoms with E-state index in [1.165, 1.54) is 6.07 Å². The molecule has 1 heterocycles. The second-order valence-electron chi connectivity index (χ2n) is 9.44. The molecule has 1 aliphatic heterocycles. The number of hydrogen-bond acceptors (Lipinski definition) is 5. The summed E-state index contributed by atoms with van der Waals surface area (Å²) in [6, 6.07) is 20.1. The van der Waals surface area contributed by atoms with Crippen molar-refractivity contribution in [3.63, 3.8) is 0 Å². The number of carbonyl (C=O) groups is 1. The lowest BCUT2D eigenvalue weighted by molar-refractivity contribution is -0.125. The maximum absolute atomic E-state index is 14.0. The van der Waals surface area contributed by atoms with Gasteiger partial charge in [-0.15, -0.1) is 0 Å². The lowest BCUT2D eigenvalue weighted by atomic mass is 10.1. The van der Waals surface area contributed by atoms with Gasteiger partial charge in [0.05, 0.1) is 19.8 Å². The van der Waals surface area contributed by atoms with Crippen molar-refractivity contribution in [3.8, 4) is 11.5 Å². The van der Waals surface area contributed by atoms with Gasteiger partial charge in [-0.1, -0.05) is 48.0 Å². The van der Waals surface area contributed by atoms with E-state index in [4.69, 9.17) is 21.1 Å². The first kappa shape index (κ1) is 27.9. The number of benzene rings is 3. The van der Waals surface area contributed by atoms with Crippen LogP contribution >= 0.6 is 11.6 Å². The Hall–Kier alpha value is -3.13. The van der Waals surface area contributed by atoms with E-state index in [9.17, 15) is 9.18 Å². The van der Waals surface area contributed by atoms with Gasteiger partial charge >= 0.3 is 0 Å². The molecule has 1 amide bonds. The van der Waals surface area contributed by atoms with E-state index in [0.717, 1.165) is 16.9 Å². The number of amides is 1. The van der Waals surface area contributed by atoms with Crippen LogP contribution in [-0.4, -0.2) is 49.7 Å². The van der Waals surface area contributed by atoms with Crippen LogP contribution < -0.4 is 20.1 Å². The third-order valence-corrected chi connectivity index (χ3v) is 6.99. The Morgan fingerprint density at radius 3 is 2.68 bits per heavy atom. The summed E-state index contributed by atoms with van der Waals surface area (Å²) >= 11 is 6.21. The van der Waals surface area contributed by atoms with Gasteiger partial charge in [-0.3, -0.25) is 9.69 Å². The van der Waals surface area contributed by atoms with Crippen molar-refractivity contribution in [3.05, 3.63) is 94.3 Å². The molecule has 8 heteroatoms. The van der Waals surface area contributed by atoms with Gasteiger partial charge in [-0.05, 0) is 66.8 Å². The molecule has 202 valence electrons. The maximum Gasteiger partial charge on any atom is 0.237 e. The molecule has 1 fully saturated rings. The van der Waals surface area contributed by atoms with Crippen molar-refractivity contribution in [1.82, 2.24) is 15.5 Å². The van der Waals surface area contributed by atoms with Gasteiger partial charge in [-0.25, -0.2) is 4.39 Å². The Kier molecular flexibility index (Phi) is 9.98. The van der Waals surface area contributed by atoms with E-state index in [-0.39, 0.29) is 23.8 Å². The van der Waals surface area contributed by atoms with Crippen LogP contribution in [0.25, 0.3) is 0 Å². The summed E-state index contributed by atoms with van der Waals surface area (Å²) in [6.45, 7) is 4.85. The van der Waals surface area contributed by atoms with E-state index >= 15 is 0 Å². The predicted octanol–water partition coefficient (Wildman–Crippen LogP) is 4.98. The van der Waals surface area contributed by atoms with Gasteiger partial charge in [0.1, 0.15) is 5.82 Å². The number of carbonyl (C=O) groups excluding carboxylic acids is 1. The molecule has 0 aliphatic carbocycles. The highest BCUT2D eigenvalue weighted by Crippen LogP contribution is 2.28. The van der Waals surface area contributed by atoms with Gasteiger partial charge in [0.2, 0.25) is 5.91 Å². The lowest BCUT2D eigenvalue weighted by Crippen LogP contribution is -2.43. The number of ether oxygens (including phenoxy) is 2. The zero-order valence-electron chi connectivity index (χ0n) is 21.9. The molecule has 38 heavy (non-hydrogen) atoms. The number of hydrogen-bond donors (Lipinski definition) is 2. The Labute approximate surface area is 229 Å². The van der Waals surface area contributed by atoms with Gasteiger partial charge in [0.25, 0.3) is 0 Å². The third kappa shape index (κ3) is 7.47. The molecule has 6 nitrogen and oxygen atoms in total. The van der Waals surface area contributed by atoms with E-state index in [2.05, 4.69) is 15.5 Å². The Bertz CT molecular complexity index is 1220. The van der Waals surface area contributed by atoms with Crippen molar-refractivity contribution in [2.75, 3.05) is 26.8 Å². The van der Waals surface area contributed by atoms with Gasteiger partial charge in [0, 0.05) is 37.2 Å². The summed E-state index contributed by atoms with van der Waals surface area (Å²) in [5.41, 5.74) is 2.73. The van der Waals surface area contributed by atoms with Crippen molar-refractivity contribution in [1.29, 1.82) is 0 Å². The van der Waals surface area contributed by atoms with Crippen molar-refractivity contribution >= 4 is 17.5 Å². The van der Waals surface area contributed by atoms with Crippen LogP contribution in [-0.2, 0) is 24.3 Å². The van der Waals surface area contributed by atoms with Crippen LogP contribution in [0.5, 0.6) is 11.5 Å². The van der Waals surface area contributed by atoms with Gasteiger partial charge in [-0.2, -0.15) is 0 Å². The Balaban J connectivity index is 1.40. The minimum atomic E-state index is -0.304. The van der Waals surface area contributed by atoms with Crippen molar-refractivity contribution in [2.24, 2.45) is 0 Å². The highest BCUT2D eigenvalue weighted by atomic mass is 35.5. The van der Waals surface area contributed by atoms with Gasteiger partial charge < -0.3 is 20.1 Å². The highest BCUT2D eigenvalue weighted by Gasteiger charge is 2.36. The number of halogens is 2. The smallest absolute Gasteiger partial charge is 0.237 e. The molecular formula is C30H35ClFN3O3. The monoisotopic (exact) mass is 539 g/mol. The average molecular weight is 540 g/mol. The molecule has 1 saturated heterocycles. The summed E-state index contributed by atoms with van der Waals surface area (Å²) < 4.78 is 25.1. The second kappa shape index (κ2) is 13.6. The fraction of sp³-hybridized carbons (Fsp3) is 0.367. The summed E-state index contributed by atoms with van der Waals surface area (Å²) in [5.74, 6) is 1.13. The molecule has 4 rings (SSSR count). The maximum atomic E-state index is 14.0. The minimum absolute atomic E-state index is 0.0456.